The number of esters is 1. The van der Waals surface area contributed by atoms with E-state index in [4.69, 9.17) is 9.47 Å². The zero-order chi connectivity index (χ0) is 18.7. The third-order valence-corrected chi connectivity index (χ3v) is 4.37. The van der Waals surface area contributed by atoms with Crippen LogP contribution >= 0.6 is 0 Å². The molecule has 1 heterocycles. The average Bonchev–Trinajstić information content (AvgIpc) is 3.00. The summed E-state index contributed by atoms with van der Waals surface area (Å²) >= 11 is 0. The maximum atomic E-state index is 13.2. The summed E-state index contributed by atoms with van der Waals surface area (Å²) in [6, 6.07) is 15.5. The molecule has 0 saturated heterocycles. The van der Waals surface area contributed by atoms with Crippen LogP contribution in [0.3, 0.4) is 0 Å². The molecular weight excluding hydrogens is 332 g/mol. The van der Waals surface area contributed by atoms with E-state index in [1.807, 2.05) is 30.3 Å². The van der Waals surface area contributed by atoms with E-state index in [-0.39, 0.29) is 29.3 Å². The molecule has 3 rings (SSSR count). The second-order valence-corrected chi connectivity index (χ2v) is 6.00. The Balaban J connectivity index is 2.07. The number of phenolic OH excluding ortho intramolecular Hbond substituents is 1. The Morgan fingerprint density at radius 2 is 1.73 bits per heavy atom. The van der Waals surface area contributed by atoms with Crippen molar-refractivity contribution in [3.05, 3.63) is 77.1 Å². The molecule has 134 valence electrons. The van der Waals surface area contributed by atoms with Crippen LogP contribution in [0.15, 0.2) is 65.9 Å². The fourth-order valence-electron chi connectivity index (χ4n) is 3.19. The number of carbonyl (C=O) groups excluding carboxylic acids is 2. The Morgan fingerprint density at radius 1 is 1.08 bits per heavy atom. The summed E-state index contributed by atoms with van der Waals surface area (Å²) in [5, 5.41) is 10.1. The van der Waals surface area contributed by atoms with Gasteiger partial charge >= 0.3 is 5.97 Å². The van der Waals surface area contributed by atoms with E-state index in [1.54, 1.807) is 26.0 Å². The van der Waals surface area contributed by atoms with Gasteiger partial charge in [0.15, 0.2) is 5.78 Å². The van der Waals surface area contributed by atoms with Crippen molar-refractivity contribution in [2.75, 3.05) is 6.61 Å². The van der Waals surface area contributed by atoms with Gasteiger partial charge in [0.25, 0.3) is 0 Å². The third-order valence-electron chi connectivity index (χ3n) is 4.37. The number of carbonyl (C=O) groups is 2. The lowest BCUT2D eigenvalue weighted by atomic mass is 9.84. The highest BCUT2D eigenvalue weighted by atomic mass is 16.5. The number of hydrogen-bond donors (Lipinski definition) is 1. The van der Waals surface area contributed by atoms with Crippen molar-refractivity contribution >= 4 is 11.8 Å². The van der Waals surface area contributed by atoms with E-state index >= 15 is 0 Å². The molecule has 2 aromatic carbocycles. The maximum Gasteiger partial charge on any atom is 0.338 e. The standard InChI is InChI=1S/C21H20O5/c1-3-25-21(24)17-13(2)26-20(14-9-5-4-6-10-14)18(17)19(23)15-11-7-8-12-16(15)22/h4-12,18,20,22H,3H2,1-2H3/t18-,20+/m0/s1. The number of hydrogen-bond acceptors (Lipinski definition) is 5. The molecule has 2 atom stereocenters. The van der Waals surface area contributed by atoms with E-state index in [0.717, 1.165) is 5.56 Å². The fraction of sp³-hybridized carbons (Fsp3) is 0.238. The van der Waals surface area contributed by atoms with Crippen molar-refractivity contribution in [1.29, 1.82) is 0 Å². The number of benzene rings is 2. The summed E-state index contributed by atoms with van der Waals surface area (Å²) in [6.45, 7) is 3.56. The highest BCUT2D eigenvalue weighted by molar-refractivity contribution is 6.08. The van der Waals surface area contributed by atoms with E-state index in [9.17, 15) is 14.7 Å². The number of rotatable bonds is 5. The van der Waals surface area contributed by atoms with Gasteiger partial charge in [-0.3, -0.25) is 4.79 Å². The zero-order valence-corrected chi connectivity index (χ0v) is 14.6. The molecule has 26 heavy (non-hydrogen) atoms. The molecule has 1 N–H and O–H groups in total. The highest BCUT2D eigenvalue weighted by Gasteiger charge is 2.45. The average molecular weight is 352 g/mol. The predicted octanol–water partition coefficient (Wildman–Crippen LogP) is 3.80. The molecule has 0 radical (unpaired) electrons. The third kappa shape index (κ3) is 3.20. The van der Waals surface area contributed by atoms with E-state index < -0.39 is 18.0 Å². The van der Waals surface area contributed by atoms with Crippen molar-refractivity contribution in [2.24, 2.45) is 5.92 Å². The molecule has 0 saturated carbocycles. The van der Waals surface area contributed by atoms with Gasteiger partial charge in [-0.15, -0.1) is 0 Å². The summed E-state index contributed by atoms with van der Waals surface area (Å²) in [5.74, 6) is -1.60. The Labute approximate surface area is 151 Å². The van der Waals surface area contributed by atoms with E-state index in [2.05, 4.69) is 0 Å². The molecular formula is C21H20O5. The molecule has 0 aliphatic carbocycles. The number of ether oxygens (including phenoxy) is 2. The summed E-state index contributed by atoms with van der Waals surface area (Å²) in [5.41, 5.74) is 1.13. The van der Waals surface area contributed by atoms with Crippen LogP contribution in [-0.4, -0.2) is 23.5 Å². The molecule has 0 unspecified atom stereocenters. The Hall–Kier alpha value is -3.08. The fourth-order valence-corrected chi connectivity index (χ4v) is 3.19. The molecule has 0 fully saturated rings. The first-order valence-electron chi connectivity index (χ1n) is 8.46. The number of phenols is 1. The smallest absolute Gasteiger partial charge is 0.338 e. The van der Waals surface area contributed by atoms with Gasteiger partial charge in [0.1, 0.15) is 17.6 Å². The van der Waals surface area contributed by atoms with Crippen molar-refractivity contribution in [2.45, 2.75) is 20.0 Å². The van der Waals surface area contributed by atoms with Gasteiger partial charge in [0.2, 0.25) is 0 Å². The maximum absolute atomic E-state index is 13.2. The lowest BCUT2D eigenvalue weighted by molar-refractivity contribution is -0.139. The zero-order valence-electron chi connectivity index (χ0n) is 14.6. The van der Waals surface area contributed by atoms with Crippen LogP contribution in [0, 0.1) is 5.92 Å². The predicted molar refractivity (Wildman–Crippen MR) is 95.5 cm³/mol. The van der Waals surface area contributed by atoms with Crippen LogP contribution in [0.25, 0.3) is 0 Å². The van der Waals surface area contributed by atoms with Crippen LogP contribution in [0.2, 0.25) is 0 Å². The van der Waals surface area contributed by atoms with Crippen LogP contribution in [0.4, 0.5) is 0 Å². The molecule has 1 aliphatic rings. The van der Waals surface area contributed by atoms with Crippen molar-refractivity contribution in [1.82, 2.24) is 0 Å². The Bertz CT molecular complexity index is 854. The topological polar surface area (TPSA) is 72.8 Å². The van der Waals surface area contributed by atoms with Gasteiger partial charge in [0.05, 0.1) is 23.7 Å². The largest absolute Gasteiger partial charge is 0.507 e. The second-order valence-electron chi connectivity index (χ2n) is 6.00. The van der Waals surface area contributed by atoms with Gasteiger partial charge in [-0.25, -0.2) is 4.79 Å². The minimum Gasteiger partial charge on any atom is -0.507 e. The summed E-state index contributed by atoms with van der Waals surface area (Å²) in [4.78, 5) is 25.7. The number of para-hydroxylation sites is 1. The quantitative estimate of drug-likeness (QED) is 0.654. The lowest BCUT2D eigenvalue weighted by Crippen LogP contribution is -2.26. The molecule has 0 bridgehead atoms. The van der Waals surface area contributed by atoms with Crippen LogP contribution in [0.1, 0.15) is 35.9 Å². The monoisotopic (exact) mass is 352 g/mol. The molecule has 2 aromatic rings. The molecule has 0 amide bonds. The SMILES string of the molecule is CCOC(=O)C1=C(C)O[C@H](c2ccccc2)[C@@H]1C(=O)c1ccccc1O. The van der Waals surface area contributed by atoms with E-state index in [1.165, 1.54) is 12.1 Å². The van der Waals surface area contributed by atoms with Gasteiger partial charge < -0.3 is 14.6 Å². The summed E-state index contributed by atoms with van der Waals surface area (Å²) < 4.78 is 11.0. The van der Waals surface area contributed by atoms with Gasteiger partial charge in [-0.2, -0.15) is 0 Å². The summed E-state index contributed by atoms with van der Waals surface area (Å²) in [7, 11) is 0. The first-order valence-corrected chi connectivity index (χ1v) is 8.46. The number of Topliss-reactive ketones (excluding diaryl/α,β-unsaturated/α-hetero) is 1. The van der Waals surface area contributed by atoms with Crippen molar-refractivity contribution < 1.29 is 24.2 Å². The first kappa shape index (κ1) is 17.7. The van der Waals surface area contributed by atoms with Crippen LogP contribution in [-0.2, 0) is 14.3 Å². The Morgan fingerprint density at radius 3 is 2.38 bits per heavy atom. The van der Waals surface area contributed by atoms with Crippen LogP contribution in [0.5, 0.6) is 5.75 Å². The molecule has 0 spiro atoms. The molecule has 5 nitrogen and oxygen atoms in total. The molecule has 0 aromatic heterocycles. The second kappa shape index (κ2) is 7.44. The Kier molecular flexibility index (Phi) is 5.07. The van der Waals surface area contributed by atoms with Gasteiger partial charge in [-0.1, -0.05) is 42.5 Å². The minimum absolute atomic E-state index is 0.128. The first-order chi connectivity index (χ1) is 12.5. The molecule has 5 heteroatoms. The summed E-state index contributed by atoms with van der Waals surface area (Å²) in [6.07, 6.45) is -0.650. The number of ketones is 1. The van der Waals surface area contributed by atoms with Gasteiger partial charge in [0, 0.05) is 0 Å². The highest BCUT2D eigenvalue weighted by Crippen LogP contribution is 2.44. The van der Waals surface area contributed by atoms with Crippen molar-refractivity contribution in [3.8, 4) is 5.75 Å². The lowest BCUT2D eigenvalue weighted by Gasteiger charge is -2.20. The normalized spacial score (nSPS) is 19.2. The van der Waals surface area contributed by atoms with Crippen molar-refractivity contribution in [3.63, 3.8) is 0 Å². The van der Waals surface area contributed by atoms with Crippen LogP contribution < -0.4 is 0 Å². The van der Waals surface area contributed by atoms with Gasteiger partial charge in [-0.05, 0) is 31.5 Å². The minimum atomic E-state index is -0.884. The van der Waals surface area contributed by atoms with E-state index in [0.29, 0.717) is 5.76 Å². The molecule has 1 aliphatic heterocycles. The number of aromatic hydroxyl groups is 1. The number of allylic oxidation sites excluding steroid dienone is 1.